The van der Waals surface area contributed by atoms with Crippen molar-refractivity contribution in [3.63, 3.8) is 0 Å². The quantitative estimate of drug-likeness (QED) is 0.895. The lowest BCUT2D eigenvalue weighted by atomic mass is 10.2. The van der Waals surface area contributed by atoms with Gasteiger partial charge in [0.05, 0.1) is 25.0 Å². The number of pyridine rings is 1. The van der Waals surface area contributed by atoms with Crippen LogP contribution in [0.3, 0.4) is 0 Å². The molecule has 0 unspecified atom stereocenters. The monoisotopic (exact) mass is 243 g/mol. The van der Waals surface area contributed by atoms with Crippen LogP contribution in [0.15, 0.2) is 42.5 Å². The number of rotatable bonds is 4. The van der Waals surface area contributed by atoms with Crippen LogP contribution in [0.5, 0.6) is 5.75 Å². The number of methoxy groups -OCH3 is 1. The summed E-state index contributed by atoms with van der Waals surface area (Å²) in [6, 6.07) is 13.6. The van der Waals surface area contributed by atoms with Crippen molar-refractivity contribution in [2.75, 3.05) is 24.8 Å². The van der Waals surface area contributed by atoms with Crippen LogP contribution < -0.4 is 15.4 Å². The van der Waals surface area contributed by atoms with E-state index in [9.17, 15) is 0 Å². The normalized spacial score (nSPS) is 10.1. The maximum Gasteiger partial charge on any atom is 0.142 e. The largest absolute Gasteiger partial charge is 0.495 e. The van der Waals surface area contributed by atoms with E-state index in [2.05, 4.69) is 9.88 Å². The molecule has 0 saturated heterocycles. The second-order valence-electron chi connectivity index (χ2n) is 4.08. The molecular formula is C14H17N3O. The molecule has 0 fully saturated rings. The summed E-state index contributed by atoms with van der Waals surface area (Å²) in [5, 5.41) is 0. The van der Waals surface area contributed by atoms with Crippen LogP contribution in [0.25, 0.3) is 0 Å². The van der Waals surface area contributed by atoms with Gasteiger partial charge in [0, 0.05) is 7.05 Å². The average molecular weight is 243 g/mol. The van der Waals surface area contributed by atoms with E-state index in [1.807, 2.05) is 43.4 Å². The van der Waals surface area contributed by atoms with Crippen molar-refractivity contribution in [1.82, 2.24) is 4.98 Å². The summed E-state index contributed by atoms with van der Waals surface area (Å²) < 4.78 is 5.34. The van der Waals surface area contributed by atoms with Crippen molar-refractivity contribution in [3.05, 3.63) is 48.2 Å². The van der Waals surface area contributed by atoms with Crippen molar-refractivity contribution in [2.24, 2.45) is 0 Å². The Kier molecular flexibility index (Phi) is 3.67. The van der Waals surface area contributed by atoms with Gasteiger partial charge in [-0.15, -0.1) is 0 Å². The van der Waals surface area contributed by atoms with Crippen molar-refractivity contribution in [2.45, 2.75) is 6.54 Å². The van der Waals surface area contributed by atoms with Crippen LogP contribution in [0, 0.1) is 0 Å². The van der Waals surface area contributed by atoms with Crippen LogP contribution in [-0.2, 0) is 6.54 Å². The molecule has 2 rings (SSSR count). The lowest BCUT2D eigenvalue weighted by Gasteiger charge is -2.21. The summed E-state index contributed by atoms with van der Waals surface area (Å²) in [5.74, 6) is 1.39. The van der Waals surface area contributed by atoms with Gasteiger partial charge in [-0.1, -0.05) is 18.2 Å². The number of anilines is 2. The van der Waals surface area contributed by atoms with E-state index in [0.29, 0.717) is 12.4 Å². The first-order valence-corrected chi connectivity index (χ1v) is 5.76. The highest BCUT2D eigenvalue weighted by molar-refractivity contribution is 5.57. The third kappa shape index (κ3) is 2.71. The Balaban J connectivity index is 2.19. The lowest BCUT2D eigenvalue weighted by Crippen LogP contribution is -2.18. The zero-order valence-corrected chi connectivity index (χ0v) is 10.6. The standard InChI is InChI=1S/C14H17N3O/c1-17(10-11-6-5-9-14(15)16-11)12-7-3-4-8-13(12)18-2/h3-9H,10H2,1-2H3,(H2,15,16). The zero-order chi connectivity index (χ0) is 13.0. The van der Waals surface area contributed by atoms with Crippen LogP contribution in [0.4, 0.5) is 11.5 Å². The Labute approximate surface area is 107 Å². The second kappa shape index (κ2) is 5.40. The Hall–Kier alpha value is -2.23. The molecule has 0 radical (unpaired) electrons. The Morgan fingerprint density at radius 1 is 1.17 bits per heavy atom. The molecule has 0 saturated carbocycles. The van der Waals surface area contributed by atoms with Crippen LogP contribution in [0.2, 0.25) is 0 Å². The van der Waals surface area contributed by atoms with E-state index in [1.54, 1.807) is 13.2 Å². The highest BCUT2D eigenvalue weighted by Crippen LogP contribution is 2.27. The molecule has 18 heavy (non-hydrogen) atoms. The maximum absolute atomic E-state index is 5.67. The Bertz CT molecular complexity index is 528. The minimum atomic E-state index is 0.543. The van der Waals surface area contributed by atoms with Gasteiger partial charge in [0.15, 0.2) is 0 Å². The Morgan fingerprint density at radius 3 is 2.67 bits per heavy atom. The van der Waals surface area contributed by atoms with E-state index in [4.69, 9.17) is 10.5 Å². The fourth-order valence-electron chi connectivity index (χ4n) is 1.86. The Morgan fingerprint density at radius 2 is 1.94 bits per heavy atom. The van der Waals surface area contributed by atoms with Gasteiger partial charge in [-0.2, -0.15) is 0 Å². The summed E-state index contributed by atoms with van der Waals surface area (Å²) in [7, 11) is 3.67. The van der Waals surface area contributed by atoms with Gasteiger partial charge < -0.3 is 15.4 Å². The number of nitrogens with two attached hydrogens (primary N) is 1. The van der Waals surface area contributed by atoms with E-state index in [0.717, 1.165) is 17.1 Å². The van der Waals surface area contributed by atoms with Crippen molar-refractivity contribution in [1.29, 1.82) is 0 Å². The first-order chi connectivity index (χ1) is 8.70. The van der Waals surface area contributed by atoms with Crippen molar-refractivity contribution in [3.8, 4) is 5.75 Å². The zero-order valence-electron chi connectivity index (χ0n) is 10.6. The third-order valence-electron chi connectivity index (χ3n) is 2.72. The SMILES string of the molecule is COc1ccccc1N(C)Cc1cccc(N)n1. The van der Waals surface area contributed by atoms with Crippen LogP contribution in [0.1, 0.15) is 5.69 Å². The summed E-state index contributed by atoms with van der Waals surface area (Å²) in [5.41, 5.74) is 7.64. The van der Waals surface area contributed by atoms with Gasteiger partial charge in [-0.05, 0) is 24.3 Å². The van der Waals surface area contributed by atoms with Gasteiger partial charge in [0.1, 0.15) is 11.6 Å². The predicted octanol–water partition coefficient (Wildman–Crippen LogP) is 2.31. The number of aromatic nitrogens is 1. The topological polar surface area (TPSA) is 51.4 Å². The summed E-state index contributed by atoms with van der Waals surface area (Å²) in [6.07, 6.45) is 0. The van der Waals surface area contributed by atoms with E-state index < -0.39 is 0 Å². The predicted molar refractivity (Wildman–Crippen MR) is 73.8 cm³/mol. The third-order valence-corrected chi connectivity index (χ3v) is 2.72. The van der Waals surface area contributed by atoms with Crippen molar-refractivity contribution >= 4 is 11.5 Å². The first kappa shape index (κ1) is 12.2. The second-order valence-corrected chi connectivity index (χ2v) is 4.08. The number of nitrogens with zero attached hydrogens (tertiary/aromatic N) is 2. The molecule has 4 heteroatoms. The van der Waals surface area contributed by atoms with Gasteiger partial charge in [0.25, 0.3) is 0 Å². The molecule has 0 aliphatic rings. The molecule has 0 aliphatic carbocycles. The molecule has 94 valence electrons. The summed E-state index contributed by atoms with van der Waals surface area (Å²) in [6.45, 7) is 0.686. The minimum absolute atomic E-state index is 0.543. The van der Waals surface area contributed by atoms with Gasteiger partial charge in [-0.3, -0.25) is 0 Å². The molecule has 1 aromatic carbocycles. The molecule has 2 N–H and O–H groups in total. The first-order valence-electron chi connectivity index (χ1n) is 5.76. The highest BCUT2D eigenvalue weighted by Gasteiger charge is 2.08. The number of para-hydroxylation sites is 2. The fraction of sp³-hybridized carbons (Fsp3) is 0.214. The highest BCUT2D eigenvalue weighted by atomic mass is 16.5. The minimum Gasteiger partial charge on any atom is -0.495 e. The molecule has 4 nitrogen and oxygen atoms in total. The summed E-state index contributed by atoms with van der Waals surface area (Å²) >= 11 is 0. The smallest absolute Gasteiger partial charge is 0.142 e. The molecular weight excluding hydrogens is 226 g/mol. The maximum atomic E-state index is 5.67. The van der Waals surface area contributed by atoms with E-state index in [-0.39, 0.29) is 0 Å². The van der Waals surface area contributed by atoms with Crippen molar-refractivity contribution < 1.29 is 4.74 Å². The van der Waals surface area contributed by atoms with Crippen LogP contribution in [-0.4, -0.2) is 19.1 Å². The molecule has 1 aromatic heterocycles. The van der Waals surface area contributed by atoms with E-state index >= 15 is 0 Å². The van der Waals surface area contributed by atoms with E-state index in [1.165, 1.54) is 0 Å². The molecule has 0 spiro atoms. The fourth-order valence-corrected chi connectivity index (χ4v) is 1.86. The molecule has 0 bridgehead atoms. The number of ether oxygens (including phenoxy) is 1. The van der Waals surface area contributed by atoms with Gasteiger partial charge >= 0.3 is 0 Å². The van der Waals surface area contributed by atoms with Gasteiger partial charge in [0.2, 0.25) is 0 Å². The molecule has 1 heterocycles. The van der Waals surface area contributed by atoms with Crippen LogP contribution >= 0.6 is 0 Å². The number of hydrogen-bond acceptors (Lipinski definition) is 4. The number of nitrogen functional groups attached to an aromatic ring is 1. The molecule has 0 atom stereocenters. The molecule has 0 aliphatic heterocycles. The number of hydrogen-bond donors (Lipinski definition) is 1. The lowest BCUT2D eigenvalue weighted by molar-refractivity contribution is 0.414. The molecule has 2 aromatic rings. The molecule has 0 amide bonds. The van der Waals surface area contributed by atoms with Gasteiger partial charge in [-0.25, -0.2) is 4.98 Å². The number of benzene rings is 1. The average Bonchev–Trinajstić information content (AvgIpc) is 2.38. The summed E-state index contributed by atoms with van der Waals surface area (Å²) in [4.78, 5) is 6.37.